The molecule has 8 heteroatoms. The molecule has 0 aliphatic carbocycles. The van der Waals surface area contributed by atoms with E-state index in [1.54, 1.807) is 17.5 Å². The lowest BCUT2D eigenvalue weighted by Gasteiger charge is -2.28. The number of aromatic nitrogens is 3. The van der Waals surface area contributed by atoms with Gasteiger partial charge in [-0.25, -0.2) is 15.0 Å². The average Bonchev–Trinajstić information content (AvgIpc) is 3.30. The molecule has 4 rings (SSSR count). The lowest BCUT2D eigenvalue weighted by Crippen LogP contribution is -2.37. The molecule has 0 aromatic carbocycles. The number of rotatable bonds is 7. The van der Waals surface area contributed by atoms with Gasteiger partial charge in [0.25, 0.3) is 0 Å². The Morgan fingerprint density at radius 2 is 2.03 bits per heavy atom. The van der Waals surface area contributed by atoms with E-state index in [-0.39, 0.29) is 5.41 Å². The Morgan fingerprint density at radius 3 is 2.74 bits per heavy atom. The maximum atomic E-state index is 4.84. The average molecular weight is 440 g/mol. The molecule has 166 valence electrons. The SMILES string of the molecule is C[C@H](NCc1cc(Nc2nc3cccnc3s2)nc(N[C@H]2CCN(C)C2)c1)C(C)(C)C. The van der Waals surface area contributed by atoms with E-state index in [1.807, 2.05) is 12.1 Å². The fraction of sp³-hybridized carbons (Fsp3) is 0.522. The highest BCUT2D eigenvalue weighted by Crippen LogP contribution is 2.27. The maximum absolute atomic E-state index is 4.84. The zero-order valence-electron chi connectivity index (χ0n) is 19.1. The van der Waals surface area contributed by atoms with Gasteiger partial charge in [-0.2, -0.15) is 0 Å². The van der Waals surface area contributed by atoms with Gasteiger partial charge in [0.15, 0.2) is 5.13 Å². The van der Waals surface area contributed by atoms with Crippen molar-refractivity contribution in [2.75, 3.05) is 30.8 Å². The highest BCUT2D eigenvalue weighted by Gasteiger charge is 2.21. The van der Waals surface area contributed by atoms with Crippen LogP contribution < -0.4 is 16.0 Å². The van der Waals surface area contributed by atoms with Crippen molar-refractivity contribution in [1.29, 1.82) is 0 Å². The normalized spacial score (nSPS) is 18.4. The first kappa shape index (κ1) is 21.9. The minimum atomic E-state index is 0.206. The van der Waals surface area contributed by atoms with Gasteiger partial charge in [0, 0.05) is 31.4 Å². The van der Waals surface area contributed by atoms with E-state index in [1.165, 1.54) is 5.56 Å². The summed E-state index contributed by atoms with van der Waals surface area (Å²) in [5.41, 5.74) is 2.30. The van der Waals surface area contributed by atoms with Crippen molar-refractivity contribution in [1.82, 2.24) is 25.2 Å². The van der Waals surface area contributed by atoms with Gasteiger partial charge in [-0.1, -0.05) is 32.1 Å². The standard InChI is InChI=1S/C23H33N7S/c1-15(23(2,3)4)25-13-16-11-19(26-17-8-10-30(5)14-17)28-20(12-16)29-22-27-18-7-6-9-24-21(18)31-22/h6-7,9,11-12,15,17,25H,8,10,13-14H2,1-5H3,(H2,26,27,28,29)/t15-,17-/m0/s1. The molecular weight excluding hydrogens is 406 g/mol. The van der Waals surface area contributed by atoms with Crippen LogP contribution in [0.3, 0.4) is 0 Å². The first-order chi connectivity index (χ1) is 14.8. The Bertz CT molecular complexity index is 993. The van der Waals surface area contributed by atoms with E-state index in [4.69, 9.17) is 4.98 Å². The van der Waals surface area contributed by atoms with Gasteiger partial charge in [-0.3, -0.25) is 0 Å². The molecule has 2 atom stereocenters. The number of nitrogens with zero attached hydrogens (tertiary/aromatic N) is 4. The third kappa shape index (κ3) is 5.70. The quantitative estimate of drug-likeness (QED) is 0.501. The molecule has 1 aliphatic rings. The van der Waals surface area contributed by atoms with E-state index in [0.29, 0.717) is 12.1 Å². The fourth-order valence-electron chi connectivity index (χ4n) is 3.60. The molecule has 0 unspecified atom stereocenters. The van der Waals surface area contributed by atoms with Gasteiger partial charge < -0.3 is 20.9 Å². The van der Waals surface area contributed by atoms with Crippen molar-refractivity contribution in [2.45, 2.75) is 52.7 Å². The molecule has 3 aromatic heterocycles. The smallest absolute Gasteiger partial charge is 0.190 e. The summed E-state index contributed by atoms with van der Waals surface area (Å²) in [6.45, 7) is 12.0. The van der Waals surface area contributed by atoms with Crippen LogP contribution in [0.25, 0.3) is 10.3 Å². The van der Waals surface area contributed by atoms with Crippen molar-refractivity contribution >= 4 is 38.5 Å². The molecule has 1 fully saturated rings. The molecule has 3 aromatic rings. The fourth-order valence-corrected chi connectivity index (χ4v) is 4.41. The summed E-state index contributed by atoms with van der Waals surface area (Å²) < 4.78 is 0. The van der Waals surface area contributed by atoms with Crippen molar-refractivity contribution < 1.29 is 0 Å². The summed E-state index contributed by atoms with van der Waals surface area (Å²) in [5, 5.41) is 11.5. The van der Waals surface area contributed by atoms with E-state index in [0.717, 1.165) is 53.2 Å². The monoisotopic (exact) mass is 439 g/mol. The van der Waals surface area contributed by atoms with Crippen LogP contribution in [0.2, 0.25) is 0 Å². The van der Waals surface area contributed by atoms with Gasteiger partial charge in [-0.05, 0) is 62.2 Å². The van der Waals surface area contributed by atoms with Crippen molar-refractivity contribution in [3.63, 3.8) is 0 Å². The van der Waals surface area contributed by atoms with Crippen LogP contribution in [-0.2, 0) is 6.54 Å². The van der Waals surface area contributed by atoms with Gasteiger partial charge in [-0.15, -0.1) is 0 Å². The lowest BCUT2D eigenvalue weighted by molar-refractivity contribution is 0.285. The molecule has 1 saturated heterocycles. The Hall–Kier alpha value is -2.29. The summed E-state index contributed by atoms with van der Waals surface area (Å²) >= 11 is 1.54. The number of fused-ring (bicyclic) bond motifs is 1. The molecule has 1 aliphatic heterocycles. The van der Waals surface area contributed by atoms with E-state index in [2.05, 4.69) is 77.7 Å². The number of likely N-dealkylation sites (tertiary alicyclic amines) is 1. The Morgan fingerprint density at radius 1 is 1.23 bits per heavy atom. The molecular formula is C23H33N7S. The van der Waals surface area contributed by atoms with Crippen molar-refractivity contribution in [2.24, 2.45) is 5.41 Å². The van der Waals surface area contributed by atoms with Crippen LogP contribution in [0.15, 0.2) is 30.5 Å². The lowest BCUT2D eigenvalue weighted by atomic mass is 9.88. The predicted octanol–water partition coefficient (Wildman–Crippen LogP) is 4.47. The number of pyridine rings is 2. The molecule has 7 nitrogen and oxygen atoms in total. The topological polar surface area (TPSA) is 78.0 Å². The summed E-state index contributed by atoms with van der Waals surface area (Å²) in [4.78, 5) is 17.2. The molecule has 31 heavy (non-hydrogen) atoms. The largest absolute Gasteiger partial charge is 0.366 e. The third-order valence-electron chi connectivity index (χ3n) is 5.94. The van der Waals surface area contributed by atoms with Crippen LogP contribution in [-0.4, -0.2) is 52.1 Å². The van der Waals surface area contributed by atoms with Crippen LogP contribution in [0.5, 0.6) is 0 Å². The van der Waals surface area contributed by atoms with Crippen LogP contribution in [0.1, 0.15) is 39.7 Å². The highest BCUT2D eigenvalue weighted by molar-refractivity contribution is 7.21. The Balaban J connectivity index is 1.55. The number of nitrogens with one attached hydrogen (secondary N) is 3. The van der Waals surface area contributed by atoms with E-state index >= 15 is 0 Å². The number of hydrogen-bond acceptors (Lipinski definition) is 8. The highest BCUT2D eigenvalue weighted by atomic mass is 32.1. The predicted molar refractivity (Wildman–Crippen MR) is 130 cm³/mol. The summed E-state index contributed by atoms with van der Waals surface area (Å²) in [7, 11) is 2.16. The minimum absolute atomic E-state index is 0.206. The summed E-state index contributed by atoms with van der Waals surface area (Å²) in [5.74, 6) is 1.71. The number of likely N-dealkylation sites (N-methyl/N-ethyl adjacent to an activating group) is 1. The van der Waals surface area contributed by atoms with E-state index in [9.17, 15) is 0 Å². The Labute approximate surface area is 188 Å². The van der Waals surface area contributed by atoms with E-state index < -0.39 is 0 Å². The molecule has 0 saturated carbocycles. The molecule has 0 spiro atoms. The molecule has 0 bridgehead atoms. The van der Waals surface area contributed by atoms with Crippen LogP contribution >= 0.6 is 11.3 Å². The van der Waals surface area contributed by atoms with Crippen LogP contribution in [0, 0.1) is 5.41 Å². The molecule has 0 radical (unpaired) electrons. The second-order valence-electron chi connectivity index (χ2n) is 9.58. The van der Waals surface area contributed by atoms with Gasteiger partial charge >= 0.3 is 0 Å². The summed E-state index contributed by atoms with van der Waals surface area (Å²) in [6.07, 6.45) is 2.93. The van der Waals surface area contributed by atoms with Crippen molar-refractivity contribution in [3.8, 4) is 0 Å². The number of thiazole rings is 1. The van der Waals surface area contributed by atoms with Gasteiger partial charge in [0.1, 0.15) is 22.0 Å². The zero-order chi connectivity index (χ0) is 22.0. The third-order valence-corrected chi connectivity index (χ3v) is 6.84. The van der Waals surface area contributed by atoms with Crippen molar-refractivity contribution in [3.05, 3.63) is 36.0 Å². The zero-order valence-corrected chi connectivity index (χ0v) is 19.9. The molecule has 3 N–H and O–H groups in total. The maximum Gasteiger partial charge on any atom is 0.190 e. The van der Waals surface area contributed by atoms with Crippen LogP contribution in [0.4, 0.5) is 16.8 Å². The second-order valence-corrected chi connectivity index (χ2v) is 10.6. The Kier molecular flexibility index (Phi) is 6.41. The number of hydrogen-bond donors (Lipinski definition) is 3. The molecule has 0 amide bonds. The molecule has 4 heterocycles. The number of anilines is 3. The summed E-state index contributed by atoms with van der Waals surface area (Å²) in [6, 6.07) is 8.98. The first-order valence-corrected chi connectivity index (χ1v) is 11.8. The minimum Gasteiger partial charge on any atom is -0.366 e. The first-order valence-electron chi connectivity index (χ1n) is 10.9. The van der Waals surface area contributed by atoms with Gasteiger partial charge in [0.05, 0.1) is 0 Å². The van der Waals surface area contributed by atoms with Gasteiger partial charge in [0.2, 0.25) is 0 Å². The second kappa shape index (κ2) is 9.06.